The van der Waals surface area contributed by atoms with Crippen molar-refractivity contribution < 1.29 is 30.6 Å². The Morgan fingerprint density at radius 3 is 1.93 bits per heavy atom. The predicted molar refractivity (Wildman–Crippen MR) is 88.1 cm³/mol. The molecule has 0 aliphatic carbocycles. The van der Waals surface area contributed by atoms with E-state index in [4.69, 9.17) is 28.9 Å². The van der Waals surface area contributed by atoms with E-state index in [1.54, 1.807) is 0 Å². The summed E-state index contributed by atoms with van der Waals surface area (Å²) in [6, 6.07) is 0.944. The molecule has 2 N–H and O–H groups in total. The van der Waals surface area contributed by atoms with Gasteiger partial charge in [0.05, 0.1) is 15.6 Å². The lowest BCUT2D eigenvalue weighted by atomic mass is 10.2. The Morgan fingerprint density at radius 1 is 1.07 bits per heavy atom. The van der Waals surface area contributed by atoms with Crippen molar-refractivity contribution >= 4 is 40.0 Å². The molecule has 0 spiro atoms. The van der Waals surface area contributed by atoms with Gasteiger partial charge >= 0.3 is 12.4 Å². The topological polar surface area (TPSA) is 64.2 Å². The molecule has 27 heavy (non-hydrogen) atoms. The summed E-state index contributed by atoms with van der Waals surface area (Å²) in [7, 11) is 0.132. The highest BCUT2D eigenvalue weighted by Crippen LogP contribution is 2.41. The third-order valence-electron chi connectivity index (χ3n) is 3.21. The van der Waals surface area contributed by atoms with Gasteiger partial charge in [0.1, 0.15) is 27.4 Å². The monoisotopic (exact) mass is 454 g/mol. The van der Waals surface area contributed by atoms with Gasteiger partial charge in [-0.2, -0.15) is 31.4 Å². The molecule has 0 saturated carbocycles. The largest absolute Gasteiger partial charge is 0.436 e. The second kappa shape index (κ2) is 7.15. The van der Waals surface area contributed by atoms with Crippen molar-refractivity contribution in [2.24, 2.45) is 0 Å². The molecule has 0 radical (unpaired) electrons. The van der Waals surface area contributed by atoms with Crippen molar-refractivity contribution in [2.75, 3.05) is 19.8 Å². The van der Waals surface area contributed by atoms with Crippen LogP contribution < -0.4 is 5.73 Å². The van der Waals surface area contributed by atoms with Gasteiger partial charge in [0.15, 0.2) is 5.69 Å². The first-order chi connectivity index (χ1) is 12.2. The van der Waals surface area contributed by atoms with Gasteiger partial charge in [0.25, 0.3) is 0 Å². The molecule has 2 aromatic rings. The Morgan fingerprint density at radius 2 is 1.56 bits per heavy atom. The van der Waals surface area contributed by atoms with Crippen molar-refractivity contribution in [3.05, 3.63) is 33.4 Å². The number of alkyl halides is 6. The Balaban J connectivity index is 2.80. The zero-order chi connectivity index (χ0) is 20.9. The standard InChI is InChI=1S/C13H10Cl2F6N4OS/c1-24(2)27(26)9-10(13(19,20)21)23-25(11(9)22)8-6(14)3-5(4-7(8)15)12(16,17)18/h3-4H,22H2,1-2H3. The van der Waals surface area contributed by atoms with Gasteiger partial charge in [0, 0.05) is 0 Å². The molecule has 14 heteroatoms. The van der Waals surface area contributed by atoms with Crippen LogP contribution in [0.2, 0.25) is 10.0 Å². The maximum atomic E-state index is 13.3. The van der Waals surface area contributed by atoms with Crippen LogP contribution in [0, 0.1) is 0 Å². The fourth-order valence-corrected chi connectivity index (χ4v) is 3.66. The molecule has 1 unspecified atom stereocenters. The molecule has 2 rings (SSSR count). The minimum atomic E-state index is -5.04. The first-order valence-electron chi connectivity index (χ1n) is 6.77. The molecular formula is C13H10Cl2F6N4OS. The van der Waals surface area contributed by atoms with Crippen LogP contribution in [-0.2, 0) is 23.3 Å². The van der Waals surface area contributed by atoms with E-state index in [-0.39, 0.29) is 0 Å². The molecule has 1 aromatic carbocycles. The van der Waals surface area contributed by atoms with Gasteiger partial charge in [-0.3, -0.25) is 0 Å². The second-order valence-corrected chi connectivity index (χ2v) is 7.77. The summed E-state index contributed by atoms with van der Waals surface area (Å²) in [5.74, 6) is -0.724. The lowest BCUT2D eigenvalue weighted by Gasteiger charge is -2.13. The van der Waals surface area contributed by atoms with Crippen molar-refractivity contribution in [3.63, 3.8) is 0 Å². The Kier molecular flexibility index (Phi) is 5.77. The molecular weight excluding hydrogens is 445 g/mol. The van der Waals surface area contributed by atoms with Crippen LogP contribution in [-0.4, -0.2) is 32.4 Å². The van der Waals surface area contributed by atoms with E-state index < -0.39 is 61.0 Å². The number of halogens is 8. The van der Waals surface area contributed by atoms with Crippen LogP contribution in [0.3, 0.4) is 0 Å². The Bertz CT molecular complexity index is 886. The fraction of sp³-hybridized carbons (Fsp3) is 0.308. The van der Waals surface area contributed by atoms with E-state index in [1.807, 2.05) is 0 Å². The molecule has 5 nitrogen and oxygen atoms in total. The van der Waals surface area contributed by atoms with E-state index in [0.29, 0.717) is 16.8 Å². The molecule has 1 atom stereocenters. The van der Waals surface area contributed by atoms with E-state index in [2.05, 4.69) is 5.10 Å². The highest BCUT2D eigenvalue weighted by Gasteiger charge is 2.42. The van der Waals surface area contributed by atoms with Crippen molar-refractivity contribution in [1.82, 2.24) is 14.1 Å². The number of rotatable bonds is 3. The van der Waals surface area contributed by atoms with Gasteiger partial charge in [-0.15, -0.1) is 0 Å². The maximum Gasteiger partial charge on any atom is 0.436 e. The zero-order valence-electron chi connectivity index (χ0n) is 13.4. The number of nitrogen functional groups attached to an aromatic ring is 1. The summed E-state index contributed by atoms with van der Waals surface area (Å²) in [5, 5.41) is 1.99. The van der Waals surface area contributed by atoms with E-state index in [0.717, 1.165) is 4.31 Å². The molecule has 1 aromatic heterocycles. The van der Waals surface area contributed by atoms with Crippen molar-refractivity contribution in [3.8, 4) is 5.69 Å². The molecule has 0 amide bonds. The molecule has 1 heterocycles. The van der Waals surface area contributed by atoms with Crippen LogP contribution in [0.5, 0.6) is 0 Å². The fourth-order valence-electron chi connectivity index (χ4n) is 2.06. The number of aromatic nitrogens is 2. The lowest BCUT2D eigenvalue weighted by molar-refractivity contribution is -0.143. The summed E-state index contributed by atoms with van der Waals surface area (Å²) >= 11 is 11.6. The summed E-state index contributed by atoms with van der Waals surface area (Å²) in [5.41, 5.74) is 2.39. The second-order valence-electron chi connectivity index (χ2n) is 5.32. The molecule has 0 saturated heterocycles. The number of anilines is 1. The predicted octanol–water partition coefficient (Wildman–Crippen LogP) is 4.38. The first kappa shape index (κ1) is 21.8. The van der Waals surface area contributed by atoms with Crippen molar-refractivity contribution in [2.45, 2.75) is 17.2 Å². The average molecular weight is 455 g/mol. The van der Waals surface area contributed by atoms with Gasteiger partial charge in [0.2, 0.25) is 0 Å². The van der Waals surface area contributed by atoms with E-state index in [9.17, 15) is 30.6 Å². The quantitative estimate of drug-likeness (QED) is 0.699. The number of nitrogens with two attached hydrogens (primary N) is 1. The SMILES string of the molecule is CN(C)S(=O)c1c(C(F)(F)F)nn(-c2c(Cl)cc(C(F)(F)F)cc2Cl)c1N. The highest BCUT2D eigenvalue weighted by molar-refractivity contribution is 7.82. The number of hydrogen-bond donors (Lipinski definition) is 1. The average Bonchev–Trinajstić information content (AvgIpc) is 2.82. The minimum absolute atomic E-state index is 0.421. The lowest BCUT2D eigenvalue weighted by Crippen LogP contribution is -2.19. The molecule has 0 fully saturated rings. The maximum absolute atomic E-state index is 13.3. The third-order valence-corrected chi connectivity index (χ3v) is 5.20. The smallest absolute Gasteiger partial charge is 0.383 e. The summed E-state index contributed by atoms with van der Waals surface area (Å²) in [4.78, 5) is -0.862. The summed E-state index contributed by atoms with van der Waals surface area (Å²) in [6.07, 6.45) is -9.82. The van der Waals surface area contributed by atoms with Crippen LogP contribution in [0.25, 0.3) is 5.69 Å². The van der Waals surface area contributed by atoms with Crippen LogP contribution in [0.4, 0.5) is 32.2 Å². The van der Waals surface area contributed by atoms with Gasteiger partial charge < -0.3 is 5.73 Å². The Hall–Kier alpha value is -1.50. The molecule has 0 bridgehead atoms. The van der Waals surface area contributed by atoms with Gasteiger partial charge in [-0.05, 0) is 26.2 Å². The number of nitrogens with zero attached hydrogens (tertiary/aromatic N) is 3. The Labute approximate surface area is 161 Å². The zero-order valence-corrected chi connectivity index (χ0v) is 15.7. The number of hydrogen-bond acceptors (Lipinski definition) is 3. The normalized spacial score (nSPS) is 14.0. The van der Waals surface area contributed by atoms with E-state index in [1.165, 1.54) is 14.1 Å². The summed E-state index contributed by atoms with van der Waals surface area (Å²) < 4.78 is 92.0. The highest BCUT2D eigenvalue weighted by atomic mass is 35.5. The van der Waals surface area contributed by atoms with Crippen LogP contribution in [0.1, 0.15) is 11.3 Å². The summed E-state index contributed by atoms with van der Waals surface area (Å²) in [6.45, 7) is 0. The van der Waals surface area contributed by atoms with Crippen LogP contribution in [0.15, 0.2) is 17.0 Å². The van der Waals surface area contributed by atoms with Gasteiger partial charge in [-0.1, -0.05) is 23.2 Å². The molecule has 0 aliphatic heterocycles. The first-order valence-corrected chi connectivity index (χ1v) is 8.64. The van der Waals surface area contributed by atoms with Crippen molar-refractivity contribution in [1.29, 1.82) is 0 Å². The molecule has 150 valence electrons. The van der Waals surface area contributed by atoms with Crippen LogP contribution >= 0.6 is 23.2 Å². The van der Waals surface area contributed by atoms with E-state index >= 15 is 0 Å². The molecule has 0 aliphatic rings. The number of benzene rings is 1. The van der Waals surface area contributed by atoms with Gasteiger partial charge in [-0.25, -0.2) is 13.2 Å². The third kappa shape index (κ3) is 4.18. The minimum Gasteiger partial charge on any atom is -0.383 e.